The molecule has 6 nitrogen and oxygen atoms in total. The average molecular weight is 381 g/mol. The largest absolute Gasteiger partial charge is 0.370 e. The first-order chi connectivity index (χ1) is 13.1. The maximum Gasteiger partial charge on any atom is 0.159 e. The lowest BCUT2D eigenvalue weighted by molar-refractivity contribution is 0.315. The van der Waals surface area contributed by atoms with E-state index < -0.39 is 0 Å². The molecular weight excluding hydrogens is 360 g/mol. The minimum Gasteiger partial charge on any atom is -0.370 e. The molecule has 1 atom stereocenters. The van der Waals surface area contributed by atoms with Gasteiger partial charge in [-0.2, -0.15) is 5.10 Å². The van der Waals surface area contributed by atoms with Crippen molar-refractivity contribution in [1.82, 2.24) is 25.1 Å². The number of nitrogens with zero attached hydrogens (tertiary/aromatic N) is 4. The first-order valence-electron chi connectivity index (χ1n) is 9.13. The fraction of sp³-hybridized carbons (Fsp3) is 0.300. The summed E-state index contributed by atoms with van der Waals surface area (Å²) >= 11 is 6.07. The summed E-state index contributed by atoms with van der Waals surface area (Å²) in [5, 5.41) is 9.17. The van der Waals surface area contributed by atoms with Crippen molar-refractivity contribution in [3.63, 3.8) is 0 Å². The number of H-pyrrole nitrogens is 2. The van der Waals surface area contributed by atoms with Crippen molar-refractivity contribution in [2.75, 3.05) is 32.1 Å². The molecule has 7 heteroatoms. The van der Waals surface area contributed by atoms with Crippen molar-refractivity contribution in [1.29, 1.82) is 0 Å². The molecule has 2 aromatic heterocycles. The Morgan fingerprint density at radius 1 is 1.15 bits per heavy atom. The first-order valence-corrected chi connectivity index (χ1v) is 9.51. The molecule has 4 aromatic rings. The van der Waals surface area contributed by atoms with Crippen LogP contribution in [0.15, 0.2) is 36.4 Å². The second kappa shape index (κ2) is 6.25. The second-order valence-corrected chi connectivity index (χ2v) is 7.84. The quantitative estimate of drug-likeness (QED) is 0.565. The number of halogens is 1. The minimum absolute atomic E-state index is 0.611. The summed E-state index contributed by atoms with van der Waals surface area (Å²) in [6.07, 6.45) is 1.20. The third-order valence-corrected chi connectivity index (χ3v) is 5.71. The molecule has 0 radical (unpaired) electrons. The van der Waals surface area contributed by atoms with Crippen LogP contribution >= 0.6 is 11.6 Å². The van der Waals surface area contributed by atoms with Crippen molar-refractivity contribution in [2.24, 2.45) is 0 Å². The summed E-state index contributed by atoms with van der Waals surface area (Å²) < 4.78 is 0. The summed E-state index contributed by atoms with van der Waals surface area (Å²) in [7, 11) is 4.31. The van der Waals surface area contributed by atoms with Gasteiger partial charge in [0.2, 0.25) is 0 Å². The highest BCUT2D eigenvalue weighted by atomic mass is 35.5. The number of fused-ring (bicyclic) bond motifs is 2. The highest BCUT2D eigenvalue weighted by Crippen LogP contribution is 2.30. The molecule has 2 aromatic carbocycles. The SMILES string of the molecule is CN(C)C1CCN(c2ccc3nc(-c4n[nH]c5cc(Cl)ccc45)[nH]c3c2)C1. The molecule has 5 rings (SSSR count). The van der Waals surface area contributed by atoms with Gasteiger partial charge in [0, 0.05) is 35.2 Å². The Morgan fingerprint density at radius 3 is 2.85 bits per heavy atom. The van der Waals surface area contributed by atoms with Gasteiger partial charge in [-0.15, -0.1) is 0 Å². The highest BCUT2D eigenvalue weighted by Gasteiger charge is 2.24. The Morgan fingerprint density at radius 2 is 2.04 bits per heavy atom. The Bertz CT molecular complexity index is 1130. The fourth-order valence-electron chi connectivity index (χ4n) is 3.88. The molecule has 0 bridgehead atoms. The van der Waals surface area contributed by atoms with Crippen LogP contribution in [0.25, 0.3) is 33.5 Å². The van der Waals surface area contributed by atoms with Gasteiger partial charge in [0.15, 0.2) is 5.82 Å². The van der Waals surface area contributed by atoms with Crippen molar-refractivity contribution in [3.05, 3.63) is 41.4 Å². The third-order valence-electron chi connectivity index (χ3n) is 5.47. The van der Waals surface area contributed by atoms with Gasteiger partial charge in [-0.3, -0.25) is 5.10 Å². The summed E-state index contributed by atoms with van der Waals surface area (Å²) in [5.74, 6) is 0.767. The zero-order valence-corrected chi connectivity index (χ0v) is 16.1. The minimum atomic E-state index is 0.611. The average Bonchev–Trinajstić information content (AvgIpc) is 3.37. The number of aromatic nitrogens is 4. The molecule has 138 valence electrons. The number of rotatable bonds is 3. The van der Waals surface area contributed by atoms with E-state index in [4.69, 9.17) is 16.6 Å². The van der Waals surface area contributed by atoms with Gasteiger partial charge in [-0.1, -0.05) is 11.6 Å². The monoisotopic (exact) mass is 380 g/mol. The van der Waals surface area contributed by atoms with Crippen LogP contribution in [0.2, 0.25) is 5.02 Å². The number of anilines is 1. The van der Waals surface area contributed by atoms with Crippen LogP contribution in [-0.4, -0.2) is 58.3 Å². The molecule has 0 aliphatic carbocycles. The lowest BCUT2D eigenvalue weighted by Crippen LogP contribution is -2.31. The number of imidazole rings is 1. The predicted molar refractivity (Wildman–Crippen MR) is 110 cm³/mol. The van der Waals surface area contributed by atoms with E-state index in [0.29, 0.717) is 11.1 Å². The van der Waals surface area contributed by atoms with Crippen LogP contribution in [0.4, 0.5) is 5.69 Å². The molecule has 0 saturated carbocycles. The number of likely N-dealkylation sites (N-methyl/N-ethyl adjacent to an activating group) is 1. The molecule has 1 unspecified atom stereocenters. The van der Waals surface area contributed by atoms with Crippen molar-refractivity contribution in [3.8, 4) is 11.5 Å². The van der Waals surface area contributed by atoms with Gasteiger partial charge in [-0.25, -0.2) is 4.98 Å². The van der Waals surface area contributed by atoms with Gasteiger partial charge in [0.1, 0.15) is 5.69 Å². The summed E-state index contributed by atoms with van der Waals surface area (Å²) in [6.45, 7) is 2.14. The molecule has 1 fully saturated rings. The standard InChI is InChI=1S/C20H21ClN6/c1-26(2)14-7-8-27(11-14)13-4-6-16-18(10-13)23-20(22-16)19-15-5-3-12(21)9-17(15)24-25-19/h3-6,9-10,14H,7-8,11H2,1-2H3,(H,22,23)(H,24,25). The Hall–Kier alpha value is -2.57. The van der Waals surface area contributed by atoms with Crippen molar-refractivity contribution < 1.29 is 0 Å². The number of benzene rings is 2. The van der Waals surface area contributed by atoms with E-state index in [-0.39, 0.29) is 0 Å². The van der Waals surface area contributed by atoms with Crippen LogP contribution in [0.1, 0.15) is 6.42 Å². The van der Waals surface area contributed by atoms with E-state index in [0.717, 1.165) is 46.5 Å². The molecule has 1 saturated heterocycles. The predicted octanol–water partition coefficient (Wildman–Crippen LogP) is 3.90. The summed E-state index contributed by atoms with van der Waals surface area (Å²) in [5.41, 5.74) is 4.93. The van der Waals surface area contributed by atoms with Crippen molar-refractivity contribution in [2.45, 2.75) is 12.5 Å². The van der Waals surface area contributed by atoms with Crippen LogP contribution in [0.5, 0.6) is 0 Å². The lowest BCUT2D eigenvalue weighted by atomic mass is 10.2. The van der Waals surface area contributed by atoms with Crippen molar-refractivity contribution >= 4 is 39.2 Å². The van der Waals surface area contributed by atoms with Gasteiger partial charge >= 0.3 is 0 Å². The zero-order chi connectivity index (χ0) is 18.5. The molecule has 1 aliphatic heterocycles. The van der Waals surface area contributed by atoms with E-state index >= 15 is 0 Å². The smallest absolute Gasteiger partial charge is 0.159 e. The number of nitrogens with one attached hydrogen (secondary N) is 2. The van der Waals surface area contributed by atoms with E-state index in [1.54, 1.807) is 0 Å². The van der Waals surface area contributed by atoms with E-state index in [9.17, 15) is 0 Å². The normalized spacial score (nSPS) is 17.6. The molecule has 0 spiro atoms. The first kappa shape index (κ1) is 16.6. The maximum absolute atomic E-state index is 6.07. The summed E-state index contributed by atoms with van der Waals surface area (Å²) in [4.78, 5) is 12.9. The fourth-order valence-corrected chi connectivity index (χ4v) is 4.05. The van der Waals surface area contributed by atoms with Crippen LogP contribution < -0.4 is 4.90 Å². The molecule has 3 heterocycles. The van der Waals surface area contributed by atoms with Crippen LogP contribution in [0.3, 0.4) is 0 Å². The zero-order valence-electron chi connectivity index (χ0n) is 15.3. The molecule has 27 heavy (non-hydrogen) atoms. The van der Waals surface area contributed by atoms with E-state index in [1.165, 1.54) is 12.1 Å². The topological polar surface area (TPSA) is 63.8 Å². The Labute approximate surface area is 162 Å². The third kappa shape index (κ3) is 2.85. The number of hydrogen-bond acceptors (Lipinski definition) is 4. The second-order valence-electron chi connectivity index (χ2n) is 7.40. The van der Waals surface area contributed by atoms with Crippen LogP contribution in [-0.2, 0) is 0 Å². The molecular formula is C20H21ClN6. The maximum atomic E-state index is 6.07. The molecule has 2 N–H and O–H groups in total. The number of aromatic amines is 2. The van der Waals surface area contributed by atoms with Gasteiger partial charge in [0.05, 0.1) is 16.6 Å². The number of hydrogen-bond donors (Lipinski definition) is 2. The molecule has 0 amide bonds. The van der Waals surface area contributed by atoms with Gasteiger partial charge in [-0.05, 0) is 56.9 Å². The van der Waals surface area contributed by atoms with E-state index in [1.807, 2.05) is 18.2 Å². The Balaban J connectivity index is 1.50. The molecule has 1 aliphatic rings. The van der Waals surface area contributed by atoms with Crippen LogP contribution in [0, 0.1) is 0 Å². The van der Waals surface area contributed by atoms with Gasteiger partial charge in [0.25, 0.3) is 0 Å². The van der Waals surface area contributed by atoms with Gasteiger partial charge < -0.3 is 14.8 Å². The Kier molecular flexibility index (Phi) is 3.84. The van der Waals surface area contributed by atoms with E-state index in [2.05, 4.69) is 57.3 Å². The highest BCUT2D eigenvalue weighted by molar-refractivity contribution is 6.31. The summed E-state index contributed by atoms with van der Waals surface area (Å²) in [6, 6.07) is 12.8. The lowest BCUT2D eigenvalue weighted by Gasteiger charge is -2.21.